The second-order valence-corrected chi connectivity index (χ2v) is 2.95. The summed E-state index contributed by atoms with van der Waals surface area (Å²) in [5.74, 6) is -0.489. The number of hydrogen-bond acceptors (Lipinski definition) is 5. The Morgan fingerprint density at radius 1 is 1.62 bits per heavy atom. The molecule has 0 aromatic carbocycles. The predicted molar refractivity (Wildman–Crippen MR) is 52.1 cm³/mol. The SMILES string of the molecule is CNC(=O)c1no[n+]([O-])c1-c1cccnc1. The number of rotatable bonds is 2. The van der Waals surface area contributed by atoms with Crippen molar-refractivity contribution in [1.82, 2.24) is 15.5 Å². The summed E-state index contributed by atoms with van der Waals surface area (Å²) in [6, 6.07) is 3.29. The molecule has 0 fully saturated rings. The molecular formula is C9H8N4O3. The second-order valence-electron chi connectivity index (χ2n) is 2.95. The molecule has 7 heteroatoms. The summed E-state index contributed by atoms with van der Waals surface area (Å²) in [6.45, 7) is 0. The summed E-state index contributed by atoms with van der Waals surface area (Å²) < 4.78 is 4.40. The molecule has 0 saturated carbocycles. The fourth-order valence-corrected chi connectivity index (χ4v) is 1.26. The minimum Gasteiger partial charge on any atom is -0.359 e. The maximum atomic E-state index is 11.4. The summed E-state index contributed by atoms with van der Waals surface area (Å²) in [4.78, 5) is 15.5. The number of amides is 1. The average molecular weight is 220 g/mol. The minimum absolute atomic E-state index is 0.0486. The fraction of sp³-hybridized carbons (Fsp3) is 0.111. The van der Waals surface area contributed by atoms with Crippen LogP contribution in [-0.2, 0) is 0 Å². The monoisotopic (exact) mass is 220 g/mol. The Labute approximate surface area is 90.2 Å². The van der Waals surface area contributed by atoms with Crippen LogP contribution in [0.1, 0.15) is 10.5 Å². The molecule has 0 unspecified atom stereocenters. The molecule has 2 rings (SSSR count). The van der Waals surface area contributed by atoms with Crippen LogP contribution in [0.3, 0.4) is 0 Å². The van der Waals surface area contributed by atoms with Crippen molar-refractivity contribution >= 4 is 5.91 Å². The van der Waals surface area contributed by atoms with Crippen molar-refractivity contribution in [2.24, 2.45) is 0 Å². The maximum Gasteiger partial charge on any atom is 0.313 e. The van der Waals surface area contributed by atoms with Gasteiger partial charge in [0, 0.05) is 25.0 Å². The molecule has 0 radical (unpaired) electrons. The van der Waals surface area contributed by atoms with Gasteiger partial charge in [0.25, 0.3) is 0 Å². The van der Waals surface area contributed by atoms with E-state index in [0.717, 1.165) is 0 Å². The van der Waals surface area contributed by atoms with Crippen LogP contribution in [0.4, 0.5) is 0 Å². The van der Waals surface area contributed by atoms with Crippen molar-refractivity contribution in [1.29, 1.82) is 0 Å². The number of carbonyl (C=O) groups is 1. The highest BCUT2D eigenvalue weighted by Gasteiger charge is 2.26. The average Bonchev–Trinajstić information content (AvgIpc) is 2.71. The Hall–Kier alpha value is -2.44. The normalized spacial score (nSPS) is 10.1. The third-order valence-electron chi connectivity index (χ3n) is 1.99. The molecule has 0 bridgehead atoms. The first kappa shape index (κ1) is 10.1. The van der Waals surface area contributed by atoms with E-state index in [1.54, 1.807) is 18.3 Å². The number of aromatic nitrogens is 3. The molecule has 7 nitrogen and oxygen atoms in total. The van der Waals surface area contributed by atoms with E-state index in [1.807, 2.05) is 0 Å². The van der Waals surface area contributed by atoms with Gasteiger partial charge in [-0.1, -0.05) is 0 Å². The van der Waals surface area contributed by atoms with Crippen LogP contribution in [0.5, 0.6) is 0 Å². The summed E-state index contributed by atoms with van der Waals surface area (Å²) in [5, 5.41) is 17.1. The maximum absolute atomic E-state index is 11.4. The van der Waals surface area contributed by atoms with E-state index in [4.69, 9.17) is 0 Å². The van der Waals surface area contributed by atoms with Crippen molar-refractivity contribution in [3.8, 4) is 11.3 Å². The first-order valence-electron chi connectivity index (χ1n) is 4.46. The van der Waals surface area contributed by atoms with Crippen molar-refractivity contribution in [2.75, 3.05) is 7.05 Å². The smallest absolute Gasteiger partial charge is 0.313 e. The molecule has 0 spiro atoms. The fourth-order valence-electron chi connectivity index (χ4n) is 1.26. The lowest BCUT2D eigenvalue weighted by molar-refractivity contribution is -0.793. The predicted octanol–water partition coefficient (Wildman–Crippen LogP) is -0.270. The molecule has 0 aliphatic heterocycles. The Balaban J connectivity index is 2.56. The molecular weight excluding hydrogens is 212 g/mol. The van der Waals surface area contributed by atoms with E-state index in [1.165, 1.54) is 13.2 Å². The summed E-state index contributed by atoms with van der Waals surface area (Å²) in [6.07, 6.45) is 3.01. The van der Waals surface area contributed by atoms with Gasteiger partial charge in [-0.2, -0.15) is 0 Å². The summed E-state index contributed by atoms with van der Waals surface area (Å²) >= 11 is 0. The molecule has 0 aliphatic rings. The number of pyridine rings is 1. The van der Waals surface area contributed by atoms with Crippen molar-refractivity contribution in [3.05, 3.63) is 35.4 Å². The Morgan fingerprint density at radius 3 is 3.06 bits per heavy atom. The Kier molecular flexibility index (Phi) is 2.50. The molecule has 0 atom stereocenters. The second kappa shape index (κ2) is 3.97. The van der Waals surface area contributed by atoms with Gasteiger partial charge in [0.05, 0.1) is 5.16 Å². The first-order valence-corrected chi connectivity index (χ1v) is 4.46. The van der Waals surface area contributed by atoms with Gasteiger partial charge in [-0.3, -0.25) is 14.4 Å². The quantitative estimate of drug-likeness (QED) is 0.703. The van der Waals surface area contributed by atoms with Gasteiger partial charge in [0.1, 0.15) is 0 Å². The van der Waals surface area contributed by atoms with Gasteiger partial charge in [-0.25, -0.2) is 0 Å². The number of nitrogens with zero attached hydrogens (tertiary/aromatic N) is 3. The van der Waals surface area contributed by atoms with E-state index in [0.29, 0.717) is 5.56 Å². The molecule has 1 amide bonds. The Bertz CT molecular complexity index is 509. The van der Waals surface area contributed by atoms with Crippen LogP contribution >= 0.6 is 0 Å². The van der Waals surface area contributed by atoms with Gasteiger partial charge < -0.3 is 10.5 Å². The van der Waals surface area contributed by atoms with Gasteiger partial charge >= 0.3 is 11.6 Å². The molecule has 2 heterocycles. The van der Waals surface area contributed by atoms with Gasteiger partial charge in [-0.05, 0) is 17.0 Å². The molecule has 2 aromatic heterocycles. The lowest BCUT2D eigenvalue weighted by Gasteiger charge is -1.96. The van der Waals surface area contributed by atoms with Gasteiger partial charge in [-0.15, -0.1) is 0 Å². The van der Waals surface area contributed by atoms with Crippen LogP contribution in [0.15, 0.2) is 29.2 Å². The highest BCUT2D eigenvalue weighted by molar-refractivity contribution is 5.96. The molecule has 16 heavy (non-hydrogen) atoms. The van der Waals surface area contributed by atoms with Crippen LogP contribution in [-0.4, -0.2) is 23.1 Å². The third-order valence-corrected chi connectivity index (χ3v) is 1.99. The van der Waals surface area contributed by atoms with Crippen LogP contribution in [0, 0.1) is 5.21 Å². The largest absolute Gasteiger partial charge is 0.359 e. The highest BCUT2D eigenvalue weighted by atomic mass is 16.8. The topological polar surface area (TPSA) is 95.0 Å². The number of nitrogens with one attached hydrogen (secondary N) is 1. The Morgan fingerprint density at radius 2 is 2.44 bits per heavy atom. The van der Waals surface area contributed by atoms with Gasteiger partial charge in [0.15, 0.2) is 0 Å². The first-order chi connectivity index (χ1) is 7.74. The van der Waals surface area contributed by atoms with Crippen molar-refractivity contribution in [3.63, 3.8) is 0 Å². The molecule has 0 saturated heterocycles. The van der Waals surface area contributed by atoms with Crippen LogP contribution in [0.2, 0.25) is 0 Å². The molecule has 82 valence electrons. The highest BCUT2D eigenvalue weighted by Crippen LogP contribution is 2.17. The minimum atomic E-state index is -0.489. The summed E-state index contributed by atoms with van der Waals surface area (Å²) in [7, 11) is 1.44. The van der Waals surface area contributed by atoms with Gasteiger partial charge in [0.2, 0.25) is 5.69 Å². The number of carbonyl (C=O) groups excluding carboxylic acids is 1. The van der Waals surface area contributed by atoms with E-state index in [-0.39, 0.29) is 16.3 Å². The third kappa shape index (κ3) is 1.58. The molecule has 1 N–H and O–H groups in total. The van der Waals surface area contributed by atoms with E-state index < -0.39 is 5.91 Å². The van der Waals surface area contributed by atoms with Crippen LogP contribution in [0.25, 0.3) is 11.3 Å². The molecule has 0 aliphatic carbocycles. The van der Waals surface area contributed by atoms with Crippen molar-refractivity contribution < 1.29 is 14.3 Å². The zero-order valence-electron chi connectivity index (χ0n) is 8.38. The standard InChI is InChI=1S/C9H8N4O3/c1-10-9(14)7-8(13(15)16-12-7)6-3-2-4-11-5-6/h2-5H,1H3,(H,10,14). The summed E-state index contributed by atoms with van der Waals surface area (Å²) in [5.41, 5.74) is 0.454. The molecule has 2 aromatic rings. The van der Waals surface area contributed by atoms with Crippen molar-refractivity contribution in [2.45, 2.75) is 0 Å². The van der Waals surface area contributed by atoms with E-state index >= 15 is 0 Å². The van der Waals surface area contributed by atoms with E-state index in [2.05, 4.69) is 20.1 Å². The zero-order chi connectivity index (χ0) is 11.5. The van der Waals surface area contributed by atoms with Crippen LogP contribution < -0.4 is 10.2 Å². The lowest BCUT2D eigenvalue weighted by atomic mass is 10.1. The van der Waals surface area contributed by atoms with E-state index in [9.17, 15) is 10.0 Å². The zero-order valence-corrected chi connectivity index (χ0v) is 8.38. The lowest BCUT2D eigenvalue weighted by Crippen LogP contribution is -2.27. The number of hydrogen-bond donors (Lipinski definition) is 1.